The number of likely N-dealkylation sites (tertiary alicyclic amines) is 1. The Bertz CT molecular complexity index is 1390. The number of aliphatic imine (C=N–C) groups is 2. The van der Waals surface area contributed by atoms with Crippen molar-refractivity contribution < 1.29 is 26.5 Å². The molecule has 1 saturated heterocycles. The minimum Gasteiger partial charge on any atom is -0.488 e. The van der Waals surface area contributed by atoms with Crippen molar-refractivity contribution in [1.29, 1.82) is 0 Å². The first-order chi connectivity index (χ1) is 19.3. The van der Waals surface area contributed by atoms with Crippen LogP contribution < -0.4 is 15.8 Å². The maximum atomic E-state index is 15.6. The van der Waals surface area contributed by atoms with Gasteiger partial charge in [-0.1, -0.05) is 13.8 Å². The van der Waals surface area contributed by atoms with E-state index in [1.165, 1.54) is 17.8 Å². The predicted octanol–water partition coefficient (Wildman–Crippen LogP) is 4.57. The van der Waals surface area contributed by atoms with Crippen LogP contribution in [0.15, 0.2) is 33.5 Å². The minimum absolute atomic E-state index is 0.0421. The van der Waals surface area contributed by atoms with Crippen molar-refractivity contribution in [3.05, 3.63) is 41.0 Å². The van der Waals surface area contributed by atoms with Crippen molar-refractivity contribution in [2.45, 2.75) is 68.5 Å². The lowest BCUT2D eigenvalue weighted by Gasteiger charge is -2.30. The molecule has 0 bridgehead atoms. The number of guanidine groups is 1. The number of nitrogens with zero attached hydrogens (tertiary/aromatic N) is 5. The molecule has 1 unspecified atom stereocenters. The molecule has 0 radical (unpaired) electrons. The molecule has 0 aliphatic carbocycles. The van der Waals surface area contributed by atoms with Crippen molar-refractivity contribution >= 4 is 34.4 Å². The Balaban J connectivity index is 1.75. The summed E-state index contributed by atoms with van der Waals surface area (Å²) in [5.41, 5.74) is 5.50. The summed E-state index contributed by atoms with van der Waals surface area (Å²) in [5, 5.41) is 6.15. The van der Waals surface area contributed by atoms with Gasteiger partial charge in [0.15, 0.2) is 5.03 Å². The minimum atomic E-state index is -4.86. The van der Waals surface area contributed by atoms with Crippen molar-refractivity contribution in [3.63, 3.8) is 0 Å². The van der Waals surface area contributed by atoms with E-state index in [0.717, 1.165) is 44.0 Å². The van der Waals surface area contributed by atoms with Crippen molar-refractivity contribution in [3.8, 4) is 5.75 Å². The summed E-state index contributed by atoms with van der Waals surface area (Å²) in [4.78, 5) is 10.00. The molecule has 3 N–H and O–H groups in total. The van der Waals surface area contributed by atoms with E-state index in [1.807, 2.05) is 14.0 Å². The maximum Gasteiger partial charge on any atom is 0.418 e. The number of aryl methyl sites for hydroxylation is 1. The van der Waals surface area contributed by atoms with Gasteiger partial charge in [-0.3, -0.25) is 8.89 Å². The molecule has 1 aromatic carbocycles. The number of hydrogen-bond acceptors (Lipinski definition) is 5. The molecule has 3 heterocycles. The third kappa shape index (κ3) is 6.80. The van der Waals surface area contributed by atoms with Crippen molar-refractivity contribution in [1.82, 2.24) is 14.7 Å². The van der Waals surface area contributed by atoms with Gasteiger partial charge in [0.2, 0.25) is 5.96 Å². The molecule has 2 atom stereocenters. The molecular formula is C27H35F4N7O2S. The smallest absolute Gasteiger partial charge is 0.418 e. The molecule has 0 amide bonds. The lowest BCUT2D eigenvalue weighted by Crippen LogP contribution is -2.30. The highest BCUT2D eigenvalue weighted by atomic mass is 32.2. The number of halogens is 4. The average molecular weight is 598 g/mol. The average Bonchev–Trinajstić information content (AvgIpc) is 3.46. The SMILES string of the molecule is CC(C)S(=O)c1nn(C)cc1\C(=C/N=C(\N=C\N)Nc1cc(F)c(C2CCN(C)CC2)c2c1O[C@H](C)C2)C(F)(F)F. The van der Waals surface area contributed by atoms with Crippen molar-refractivity contribution in [2.75, 3.05) is 25.5 Å². The summed E-state index contributed by atoms with van der Waals surface area (Å²) in [6, 6.07) is 1.27. The summed E-state index contributed by atoms with van der Waals surface area (Å²) in [5.74, 6) is -0.270. The van der Waals surface area contributed by atoms with E-state index in [9.17, 15) is 17.4 Å². The van der Waals surface area contributed by atoms with E-state index in [0.29, 0.717) is 23.9 Å². The second kappa shape index (κ2) is 12.3. The molecular weight excluding hydrogens is 562 g/mol. The topological polar surface area (TPSA) is 110 Å². The van der Waals surface area contributed by atoms with Gasteiger partial charge in [0, 0.05) is 48.3 Å². The van der Waals surface area contributed by atoms with Gasteiger partial charge in [-0.05, 0) is 51.4 Å². The standard InChI is InChI=1S/C27H35F4N7O2S/c1-15(2)41(39)25-19(13-38(5)36-25)20(27(29,30)31)12-33-26(34-14-32)35-22-11-21(28)23(17-6-8-37(4)9-7-17)18-10-16(3)40-24(18)22/h11-17H,6-10H2,1-5H3,(H3,32,33,34,35)/b20-12+/t16-,41?/m1/s1. The first-order valence-electron chi connectivity index (χ1n) is 13.3. The Labute approximate surface area is 239 Å². The second-order valence-electron chi connectivity index (χ2n) is 10.6. The summed E-state index contributed by atoms with van der Waals surface area (Å²) < 4.78 is 78.2. The van der Waals surface area contributed by atoms with E-state index in [4.69, 9.17) is 10.5 Å². The normalized spacial score (nSPS) is 20.1. The molecule has 4 rings (SSSR count). The number of anilines is 1. The lowest BCUT2D eigenvalue weighted by atomic mass is 9.84. The number of aromatic nitrogens is 2. The van der Waals surface area contributed by atoms with Gasteiger partial charge >= 0.3 is 6.18 Å². The predicted molar refractivity (Wildman–Crippen MR) is 152 cm³/mol. The number of rotatable bonds is 6. The van der Waals surface area contributed by atoms with Gasteiger partial charge in [0.1, 0.15) is 17.7 Å². The number of benzene rings is 1. The van der Waals surface area contributed by atoms with E-state index in [-0.39, 0.29) is 34.3 Å². The highest BCUT2D eigenvalue weighted by Gasteiger charge is 2.39. The van der Waals surface area contributed by atoms with Crippen LogP contribution in [0, 0.1) is 5.82 Å². The molecule has 2 aromatic rings. The molecule has 224 valence electrons. The Morgan fingerprint density at radius 2 is 1.98 bits per heavy atom. The zero-order valence-corrected chi connectivity index (χ0v) is 24.4. The quantitative estimate of drug-likeness (QED) is 0.287. The highest BCUT2D eigenvalue weighted by Crippen LogP contribution is 2.45. The zero-order valence-electron chi connectivity index (χ0n) is 23.6. The molecule has 14 heteroatoms. The highest BCUT2D eigenvalue weighted by molar-refractivity contribution is 7.85. The summed E-state index contributed by atoms with van der Waals surface area (Å²) >= 11 is 0. The molecule has 0 spiro atoms. The largest absolute Gasteiger partial charge is 0.488 e. The number of piperidine rings is 1. The van der Waals surface area contributed by atoms with E-state index in [2.05, 4.69) is 25.3 Å². The van der Waals surface area contributed by atoms with Gasteiger partial charge in [0.25, 0.3) is 0 Å². The van der Waals surface area contributed by atoms with Crippen LogP contribution in [0.25, 0.3) is 5.57 Å². The van der Waals surface area contributed by atoms with Gasteiger partial charge in [-0.25, -0.2) is 14.4 Å². The van der Waals surface area contributed by atoms with Crippen LogP contribution in [0.3, 0.4) is 0 Å². The van der Waals surface area contributed by atoms with Crippen LogP contribution in [0.5, 0.6) is 5.75 Å². The molecule has 0 saturated carbocycles. The Kier molecular flexibility index (Phi) is 9.22. The van der Waals surface area contributed by atoms with Crippen molar-refractivity contribution in [2.24, 2.45) is 22.8 Å². The number of alkyl halides is 3. The number of nitrogens with two attached hydrogens (primary N) is 1. The van der Waals surface area contributed by atoms with Gasteiger partial charge in [-0.15, -0.1) is 0 Å². The van der Waals surface area contributed by atoms with Crippen LogP contribution in [0.2, 0.25) is 0 Å². The van der Waals surface area contributed by atoms with Crippen LogP contribution in [0.4, 0.5) is 23.2 Å². The second-order valence-corrected chi connectivity index (χ2v) is 12.5. The number of fused-ring (bicyclic) bond motifs is 1. The van der Waals surface area contributed by atoms with E-state index >= 15 is 4.39 Å². The third-order valence-electron chi connectivity index (χ3n) is 7.08. The van der Waals surface area contributed by atoms with E-state index < -0.39 is 33.6 Å². The summed E-state index contributed by atoms with van der Waals surface area (Å²) in [7, 11) is 1.69. The van der Waals surface area contributed by atoms with E-state index in [1.54, 1.807) is 13.8 Å². The molecule has 2 aliphatic rings. The van der Waals surface area contributed by atoms with Crippen LogP contribution in [0.1, 0.15) is 56.2 Å². The number of ether oxygens (including phenoxy) is 1. The van der Waals surface area contributed by atoms with Crippen LogP contribution >= 0.6 is 0 Å². The fraction of sp³-hybridized carbons (Fsp3) is 0.519. The Morgan fingerprint density at radius 1 is 1.29 bits per heavy atom. The number of allylic oxidation sites excluding steroid dienone is 1. The number of nitrogens with one attached hydrogen (secondary N) is 1. The Hall–Kier alpha value is -3.26. The fourth-order valence-corrected chi connectivity index (χ4v) is 6.17. The number of hydrogen-bond donors (Lipinski definition) is 2. The molecule has 1 fully saturated rings. The van der Waals surface area contributed by atoms with Crippen LogP contribution in [-0.4, -0.2) is 68.9 Å². The first kappa shape index (κ1) is 30.7. The monoisotopic (exact) mass is 597 g/mol. The first-order valence-corrected chi connectivity index (χ1v) is 14.5. The summed E-state index contributed by atoms with van der Waals surface area (Å²) in [6.45, 7) is 6.83. The van der Waals surface area contributed by atoms with Gasteiger partial charge < -0.3 is 20.7 Å². The molecule has 9 nitrogen and oxygen atoms in total. The van der Waals surface area contributed by atoms with Gasteiger partial charge in [0.05, 0.1) is 28.4 Å². The van der Waals surface area contributed by atoms with Crippen LogP contribution in [-0.2, 0) is 24.3 Å². The molecule has 1 aromatic heterocycles. The van der Waals surface area contributed by atoms with Gasteiger partial charge in [-0.2, -0.15) is 18.3 Å². The fourth-order valence-electron chi connectivity index (χ4n) is 5.13. The molecule has 2 aliphatic heterocycles. The zero-order chi connectivity index (χ0) is 30.1. The maximum absolute atomic E-state index is 15.6. The Morgan fingerprint density at radius 3 is 2.59 bits per heavy atom. The lowest BCUT2D eigenvalue weighted by molar-refractivity contribution is -0.0691. The summed E-state index contributed by atoms with van der Waals surface area (Å²) in [6.07, 6.45) is -0.361. The molecule has 41 heavy (non-hydrogen) atoms. The third-order valence-corrected chi connectivity index (χ3v) is 8.62.